The first-order valence-corrected chi connectivity index (χ1v) is 8.90. The number of nitrogens with zero attached hydrogens (tertiary/aromatic N) is 1. The molecule has 1 heterocycles. The second kappa shape index (κ2) is 7.03. The highest BCUT2D eigenvalue weighted by molar-refractivity contribution is 5.92. The zero-order valence-corrected chi connectivity index (χ0v) is 15.3. The number of benzene rings is 1. The highest BCUT2D eigenvalue weighted by atomic mass is 16.3. The van der Waals surface area contributed by atoms with Crippen LogP contribution in [-0.2, 0) is 5.41 Å². The van der Waals surface area contributed by atoms with E-state index in [9.17, 15) is 14.7 Å². The molecule has 0 bridgehead atoms. The molecule has 1 fully saturated rings. The second-order valence-corrected chi connectivity index (χ2v) is 7.98. The van der Waals surface area contributed by atoms with Gasteiger partial charge in [-0.2, -0.15) is 4.98 Å². The molecule has 1 aromatic heterocycles. The Labute approximate surface area is 152 Å². The van der Waals surface area contributed by atoms with Crippen molar-refractivity contribution in [3.63, 3.8) is 0 Å². The molecule has 1 aliphatic carbocycles. The van der Waals surface area contributed by atoms with E-state index in [2.05, 4.69) is 15.3 Å². The van der Waals surface area contributed by atoms with Crippen molar-refractivity contribution >= 4 is 5.91 Å². The summed E-state index contributed by atoms with van der Waals surface area (Å²) >= 11 is 0. The Bertz CT molecular complexity index is 833. The molecule has 1 aromatic carbocycles. The van der Waals surface area contributed by atoms with E-state index in [0.29, 0.717) is 18.5 Å². The van der Waals surface area contributed by atoms with Crippen LogP contribution in [0.15, 0.2) is 41.2 Å². The number of aliphatic hydroxyl groups excluding tert-OH is 1. The highest BCUT2D eigenvalue weighted by Gasteiger charge is 2.36. The number of aromatic nitrogens is 2. The van der Waals surface area contributed by atoms with Gasteiger partial charge in [0.2, 0.25) is 0 Å². The van der Waals surface area contributed by atoms with Crippen molar-refractivity contribution in [2.45, 2.75) is 51.2 Å². The molecule has 3 rings (SSSR count). The van der Waals surface area contributed by atoms with Gasteiger partial charge in [0, 0.05) is 11.1 Å². The van der Waals surface area contributed by atoms with Gasteiger partial charge in [0.25, 0.3) is 5.91 Å². The number of aliphatic hydroxyl groups is 1. The Morgan fingerprint density at radius 2 is 1.92 bits per heavy atom. The standard InChI is InChI=1S/C20H25N3O3/c1-20(2,3)16-11-15(21-19(26)22-16)18(25)23-17(13-9-14(24)10-13)12-7-5-4-6-8-12/h4-8,11,13-14,17,24H,9-10H2,1-3H3,(H,23,25)(H,21,22,26)/t13?,14?,17-/m1/s1. The van der Waals surface area contributed by atoms with Crippen molar-refractivity contribution in [2.24, 2.45) is 5.92 Å². The third kappa shape index (κ3) is 4.02. The van der Waals surface area contributed by atoms with Gasteiger partial charge in [-0.25, -0.2) is 4.79 Å². The van der Waals surface area contributed by atoms with Crippen molar-refractivity contribution in [3.05, 3.63) is 63.8 Å². The summed E-state index contributed by atoms with van der Waals surface area (Å²) in [6.45, 7) is 5.88. The molecule has 1 aliphatic rings. The number of nitrogens with one attached hydrogen (secondary N) is 2. The first-order chi connectivity index (χ1) is 12.2. The lowest BCUT2D eigenvalue weighted by Crippen LogP contribution is -2.42. The summed E-state index contributed by atoms with van der Waals surface area (Å²) in [5.74, 6) is -0.211. The number of carbonyl (C=O) groups excluding carboxylic acids is 1. The van der Waals surface area contributed by atoms with Crippen LogP contribution in [-0.4, -0.2) is 27.1 Å². The van der Waals surface area contributed by atoms with Crippen molar-refractivity contribution in [2.75, 3.05) is 0 Å². The SMILES string of the molecule is CC(C)(C)c1cc(C(=O)N[C@H](c2ccccc2)C2CC(O)C2)nc(=O)[nH]1. The van der Waals surface area contributed by atoms with Crippen LogP contribution in [0.3, 0.4) is 0 Å². The van der Waals surface area contributed by atoms with E-state index in [1.54, 1.807) is 6.07 Å². The zero-order valence-electron chi connectivity index (χ0n) is 15.3. The summed E-state index contributed by atoms with van der Waals surface area (Å²) in [5.41, 5.74) is 0.933. The molecule has 0 aliphatic heterocycles. The Morgan fingerprint density at radius 3 is 2.50 bits per heavy atom. The molecular weight excluding hydrogens is 330 g/mol. The number of rotatable bonds is 4. The third-order valence-corrected chi connectivity index (χ3v) is 4.85. The molecule has 3 N–H and O–H groups in total. The minimum absolute atomic E-state index is 0.111. The molecule has 138 valence electrons. The van der Waals surface area contributed by atoms with Crippen LogP contribution >= 0.6 is 0 Å². The number of H-pyrrole nitrogens is 1. The summed E-state index contributed by atoms with van der Waals surface area (Å²) in [4.78, 5) is 31.2. The Hall–Kier alpha value is -2.47. The average molecular weight is 355 g/mol. The largest absolute Gasteiger partial charge is 0.393 e. The van der Waals surface area contributed by atoms with Crippen LogP contribution in [0.5, 0.6) is 0 Å². The van der Waals surface area contributed by atoms with E-state index >= 15 is 0 Å². The van der Waals surface area contributed by atoms with E-state index in [4.69, 9.17) is 0 Å². The fourth-order valence-electron chi connectivity index (χ4n) is 3.23. The van der Waals surface area contributed by atoms with E-state index in [0.717, 1.165) is 5.56 Å². The molecule has 2 aromatic rings. The maximum absolute atomic E-state index is 12.8. The molecule has 1 saturated carbocycles. The van der Waals surface area contributed by atoms with Gasteiger partial charge in [0.1, 0.15) is 5.69 Å². The molecule has 6 nitrogen and oxygen atoms in total. The Morgan fingerprint density at radius 1 is 1.27 bits per heavy atom. The van der Waals surface area contributed by atoms with Crippen LogP contribution in [0.2, 0.25) is 0 Å². The summed E-state index contributed by atoms with van der Waals surface area (Å²) < 4.78 is 0. The second-order valence-electron chi connectivity index (χ2n) is 7.98. The molecule has 26 heavy (non-hydrogen) atoms. The van der Waals surface area contributed by atoms with Crippen molar-refractivity contribution < 1.29 is 9.90 Å². The summed E-state index contributed by atoms with van der Waals surface area (Å²) in [6, 6.07) is 11.1. The lowest BCUT2D eigenvalue weighted by Gasteiger charge is -2.38. The van der Waals surface area contributed by atoms with Crippen LogP contribution < -0.4 is 11.0 Å². The van der Waals surface area contributed by atoms with Crippen LogP contribution in [0.4, 0.5) is 0 Å². The number of amides is 1. The van der Waals surface area contributed by atoms with Crippen LogP contribution in [0.25, 0.3) is 0 Å². The fraction of sp³-hybridized carbons (Fsp3) is 0.450. The van der Waals surface area contributed by atoms with Gasteiger partial charge in [0.15, 0.2) is 0 Å². The first-order valence-electron chi connectivity index (χ1n) is 8.90. The number of aromatic amines is 1. The Kier molecular flexibility index (Phi) is 4.96. The van der Waals surface area contributed by atoms with Crippen molar-refractivity contribution in [1.29, 1.82) is 0 Å². The predicted molar refractivity (Wildman–Crippen MR) is 98.9 cm³/mol. The lowest BCUT2D eigenvalue weighted by atomic mass is 9.75. The smallest absolute Gasteiger partial charge is 0.345 e. The maximum Gasteiger partial charge on any atom is 0.345 e. The molecule has 1 amide bonds. The molecule has 0 saturated heterocycles. The Balaban J connectivity index is 1.87. The third-order valence-electron chi connectivity index (χ3n) is 4.85. The van der Waals surface area contributed by atoms with Gasteiger partial charge in [0.05, 0.1) is 12.1 Å². The van der Waals surface area contributed by atoms with Gasteiger partial charge >= 0.3 is 5.69 Å². The molecular formula is C20H25N3O3. The number of hydrogen-bond acceptors (Lipinski definition) is 4. The van der Waals surface area contributed by atoms with E-state index in [1.807, 2.05) is 51.1 Å². The number of carbonyl (C=O) groups is 1. The van der Waals surface area contributed by atoms with Crippen molar-refractivity contribution in [3.8, 4) is 0 Å². The number of hydrogen-bond donors (Lipinski definition) is 3. The van der Waals surface area contributed by atoms with E-state index < -0.39 is 5.69 Å². The minimum Gasteiger partial charge on any atom is -0.393 e. The molecule has 0 radical (unpaired) electrons. The zero-order chi connectivity index (χ0) is 18.9. The van der Waals surface area contributed by atoms with Crippen molar-refractivity contribution in [1.82, 2.24) is 15.3 Å². The van der Waals surface area contributed by atoms with Gasteiger partial charge in [-0.05, 0) is 30.4 Å². The average Bonchev–Trinajstić information content (AvgIpc) is 2.56. The lowest BCUT2D eigenvalue weighted by molar-refractivity contribution is 0.0234. The monoisotopic (exact) mass is 355 g/mol. The van der Waals surface area contributed by atoms with Gasteiger partial charge in [-0.15, -0.1) is 0 Å². The predicted octanol–water partition coefficient (Wildman–Crippen LogP) is 2.31. The fourth-order valence-corrected chi connectivity index (χ4v) is 3.23. The minimum atomic E-state index is -0.530. The van der Waals surface area contributed by atoms with E-state index in [1.165, 1.54) is 0 Å². The van der Waals surface area contributed by atoms with Gasteiger partial charge < -0.3 is 15.4 Å². The van der Waals surface area contributed by atoms with Gasteiger partial charge in [-0.3, -0.25) is 4.79 Å². The quantitative estimate of drug-likeness (QED) is 0.784. The summed E-state index contributed by atoms with van der Waals surface area (Å²) in [5, 5.41) is 12.7. The van der Waals surface area contributed by atoms with Gasteiger partial charge in [-0.1, -0.05) is 51.1 Å². The normalized spacial score (nSPS) is 20.9. The highest BCUT2D eigenvalue weighted by Crippen LogP contribution is 2.38. The summed E-state index contributed by atoms with van der Waals surface area (Å²) in [7, 11) is 0. The molecule has 1 atom stereocenters. The van der Waals surface area contributed by atoms with Crippen LogP contribution in [0.1, 0.15) is 61.4 Å². The molecule has 0 unspecified atom stereocenters. The molecule has 0 spiro atoms. The molecule has 6 heteroatoms. The maximum atomic E-state index is 12.8. The van der Waals surface area contributed by atoms with E-state index in [-0.39, 0.29) is 35.1 Å². The summed E-state index contributed by atoms with van der Waals surface area (Å²) in [6.07, 6.45) is 0.986. The first kappa shape index (κ1) is 18.3. The van der Waals surface area contributed by atoms with Crippen LogP contribution in [0, 0.1) is 5.92 Å². The topological polar surface area (TPSA) is 95.1 Å².